The molecule has 0 unspecified atom stereocenters. The van der Waals surface area contributed by atoms with Crippen LogP contribution in [-0.2, 0) is 4.79 Å². The van der Waals surface area contributed by atoms with Crippen molar-refractivity contribution in [2.24, 2.45) is 17.8 Å². The Morgan fingerprint density at radius 1 is 0.920 bits per heavy atom. The van der Waals surface area contributed by atoms with Gasteiger partial charge < -0.3 is 10.2 Å². The van der Waals surface area contributed by atoms with Crippen molar-refractivity contribution >= 4 is 11.9 Å². The Balaban J connectivity index is 1.32. The van der Waals surface area contributed by atoms with Gasteiger partial charge in [0, 0.05) is 5.54 Å². The Morgan fingerprint density at radius 2 is 1.44 bits per heavy atom. The molecule has 5 fully saturated rings. The van der Waals surface area contributed by atoms with Crippen molar-refractivity contribution in [1.29, 1.82) is 0 Å². The number of likely N-dealkylation sites (tertiary alicyclic amines) is 1. The minimum atomic E-state index is -0.256. The topological polar surface area (TPSA) is 62.6 Å². The predicted octanol–water partition coefficient (Wildman–Crippen LogP) is 1.63. The molecule has 4 bridgehead atoms. The van der Waals surface area contributed by atoms with E-state index in [1.54, 1.807) is 0 Å². The summed E-state index contributed by atoms with van der Waals surface area (Å²) in [5.41, 5.74) is -0.0299. The van der Waals surface area contributed by atoms with E-state index in [4.69, 9.17) is 0 Å². The number of imide groups is 1. The normalized spacial score (nSPS) is 38.8. The minimum absolute atomic E-state index is 0.0299. The second kappa shape index (κ2) is 6.90. The maximum atomic E-state index is 12.6. The molecular formula is C20H34N3O2+. The van der Waals surface area contributed by atoms with Crippen LogP contribution in [0, 0.1) is 17.8 Å². The Labute approximate surface area is 151 Å². The molecule has 4 saturated carbocycles. The predicted molar refractivity (Wildman–Crippen MR) is 96.2 cm³/mol. The minimum Gasteiger partial charge on any atom is -0.332 e. The van der Waals surface area contributed by atoms with Crippen LogP contribution in [0.5, 0.6) is 0 Å². The van der Waals surface area contributed by atoms with Gasteiger partial charge in [0.2, 0.25) is 0 Å². The van der Waals surface area contributed by atoms with Crippen molar-refractivity contribution < 1.29 is 14.5 Å². The second-order valence-electron chi connectivity index (χ2n) is 9.44. The summed E-state index contributed by atoms with van der Waals surface area (Å²) in [5.74, 6) is 2.27. The maximum Gasteiger partial charge on any atom is 0.322 e. The number of amides is 3. The smallest absolute Gasteiger partial charge is 0.322 e. The molecule has 140 valence electrons. The summed E-state index contributed by atoms with van der Waals surface area (Å²) in [6.45, 7) is 4.06. The van der Waals surface area contributed by atoms with Crippen LogP contribution < -0.4 is 15.5 Å². The number of carbonyl (C=O) groups excluding carboxylic acids is 2. The van der Waals surface area contributed by atoms with E-state index in [2.05, 4.69) is 10.6 Å². The summed E-state index contributed by atoms with van der Waals surface area (Å²) in [4.78, 5) is 26.4. The lowest BCUT2D eigenvalue weighted by Crippen LogP contribution is -3.16. The van der Waals surface area contributed by atoms with Crippen molar-refractivity contribution in [2.45, 2.75) is 82.7 Å². The zero-order valence-electron chi connectivity index (χ0n) is 15.6. The molecule has 1 aliphatic heterocycles. The standard InChI is InChI=1S/C20H33N3O2/c1-14(23-6-4-2-3-5-7-23)18(24)21-19(25)22-20-11-15-8-16(12-20)10-17(9-15)13-20/h14-17H,2-13H2,1H3,(H2,21,22,24,25)/p+1/t14-,15?,16?,17?,20?/m0/s1. The van der Waals surface area contributed by atoms with E-state index in [9.17, 15) is 9.59 Å². The number of urea groups is 1. The molecule has 5 rings (SSSR count). The lowest BCUT2D eigenvalue weighted by atomic mass is 9.53. The molecule has 3 amide bonds. The second-order valence-corrected chi connectivity index (χ2v) is 9.44. The lowest BCUT2D eigenvalue weighted by molar-refractivity contribution is -0.913. The fourth-order valence-electron chi connectivity index (χ4n) is 6.56. The van der Waals surface area contributed by atoms with E-state index in [0.29, 0.717) is 0 Å². The first-order valence-electron chi connectivity index (χ1n) is 10.5. The third-order valence-electron chi connectivity index (χ3n) is 7.41. The Bertz CT molecular complexity index is 490. The molecule has 1 atom stereocenters. The zero-order chi connectivity index (χ0) is 17.4. The Kier molecular flexibility index (Phi) is 4.78. The van der Waals surface area contributed by atoms with Crippen LogP contribution in [-0.4, -0.2) is 36.6 Å². The van der Waals surface area contributed by atoms with Gasteiger partial charge in [0.1, 0.15) is 0 Å². The maximum absolute atomic E-state index is 12.6. The highest BCUT2D eigenvalue weighted by Crippen LogP contribution is 2.55. The van der Waals surface area contributed by atoms with Gasteiger partial charge in [-0.05, 0) is 88.9 Å². The van der Waals surface area contributed by atoms with E-state index in [1.807, 2.05) is 6.92 Å². The third-order valence-corrected chi connectivity index (χ3v) is 7.41. The molecule has 25 heavy (non-hydrogen) atoms. The van der Waals surface area contributed by atoms with Gasteiger partial charge in [-0.3, -0.25) is 10.1 Å². The highest BCUT2D eigenvalue weighted by molar-refractivity contribution is 5.96. The molecule has 0 aromatic rings. The summed E-state index contributed by atoms with van der Waals surface area (Å²) >= 11 is 0. The van der Waals surface area contributed by atoms with Gasteiger partial charge in [0.25, 0.3) is 5.91 Å². The largest absolute Gasteiger partial charge is 0.332 e. The van der Waals surface area contributed by atoms with Crippen LogP contribution in [0.2, 0.25) is 0 Å². The number of rotatable bonds is 3. The van der Waals surface area contributed by atoms with Crippen molar-refractivity contribution in [3.8, 4) is 0 Å². The summed E-state index contributed by atoms with van der Waals surface area (Å²) in [6, 6.07) is -0.395. The van der Waals surface area contributed by atoms with Gasteiger partial charge in [-0.15, -0.1) is 0 Å². The molecule has 1 saturated heterocycles. The molecule has 0 spiro atoms. The fraction of sp³-hybridized carbons (Fsp3) is 0.900. The Hall–Kier alpha value is -1.10. The molecule has 0 aromatic carbocycles. The van der Waals surface area contributed by atoms with Crippen LogP contribution in [0.4, 0.5) is 4.79 Å². The first kappa shape index (κ1) is 17.3. The van der Waals surface area contributed by atoms with E-state index >= 15 is 0 Å². The van der Waals surface area contributed by atoms with Gasteiger partial charge in [0.05, 0.1) is 13.1 Å². The number of carbonyl (C=O) groups is 2. The molecule has 5 nitrogen and oxygen atoms in total. The molecule has 5 aliphatic rings. The van der Waals surface area contributed by atoms with Gasteiger partial charge >= 0.3 is 6.03 Å². The quantitative estimate of drug-likeness (QED) is 0.726. The monoisotopic (exact) mass is 348 g/mol. The van der Waals surface area contributed by atoms with Gasteiger partial charge in [-0.1, -0.05) is 0 Å². The van der Waals surface area contributed by atoms with Crippen molar-refractivity contribution in [1.82, 2.24) is 10.6 Å². The van der Waals surface area contributed by atoms with Crippen LogP contribution in [0.25, 0.3) is 0 Å². The SMILES string of the molecule is C[C@@H](C(=O)NC(=O)NC12CC3CC(CC(C3)C1)C2)[NH+]1CCCCCC1. The van der Waals surface area contributed by atoms with Crippen LogP contribution in [0.3, 0.4) is 0 Å². The number of hydrogen-bond donors (Lipinski definition) is 3. The molecule has 5 heteroatoms. The van der Waals surface area contributed by atoms with Crippen molar-refractivity contribution in [3.63, 3.8) is 0 Å². The van der Waals surface area contributed by atoms with E-state index in [-0.39, 0.29) is 23.5 Å². The Morgan fingerprint density at radius 3 is 1.96 bits per heavy atom. The average Bonchev–Trinajstić information content (AvgIpc) is 2.81. The highest BCUT2D eigenvalue weighted by Gasteiger charge is 2.51. The third kappa shape index (κ3) is 3.71. The highest BCUT2D eigenvalue weighted by atomic mass is 16.2. The van der Waals surface area contributed by atoms with Gasteiger partial charge in [-0.25, -0.2) is 4.79 Å². The average molecular weight is 349 g/mol. The van der Waals surface area contributed by atoms with Crippen LogP contribution >= 0.6 is 0 Å². The number of hydrogen-bond acceptors (Lipinski definition) is 2. The van der Waals surface area contributed by atoms with Gasteiger partial charge in [-0.2, -0.15) is 0 Å². The summed E-state index contributed by atoms with van der Waals surface area (Å²) in [7, 11) is 0. The molecule has 4 aliphatic carbocycles. The molecule has 1 heterocycles. The summed E-state index contributed by atoms with van der Waals surface area (Å²) < 4.78 is 0. The van der Waals surface area contributed by atoms with Gasteiger partial charge in [0.15, 0.2) is 6.04 Å². The molecule has 3 N–H and O–H groups in total. The summed E-state index contributed by atoms with van der Waals surface area (Å²) in [6.07, 6.45) is 12.3. The first-order valence-corrected chi connectivity index (χ1v) is 10.5. The number of nitrogens with one attached hydrogen (secondary N) is 3. The summed E-state index contributed by atoms with van der Waals surface area (Å²) in [5, 5.41) is 5.91. The van der Waals surface area contributed by atoms with E-state index < -0.39 is 0 Å². The van der Waals surface area contributed by atoms with Crippen molar-refractivity contribution in [3.05, 3.63) is 0 Å². The van der Waals surface area contributed by atoms with Crippen molar-refractivity contribution in [2.75, 3.05) is 13.1 Å². The molecule has 0 radical (unpaired) electrons. The fourth-order valence-corrected chi connectivity index (χ4v) is 6.56. The first-order chi connectivity index (χ1) is 12.0. The lowest BCUT2D eigenvalue weighted by Gasteiger charge is -2.56. The van der Waals surface area contributed by atoms with E-state index in [0.717, 1.165) is 50.1 Å². The molecular weight excluding hydrogens is 314 g/mol. The van der Waals surface area contributed by atoms with Crippen LogP contribution in [0.1, 0.15) is 71.1 Å². The molecule has 0 aromatic heterocycles. The number of quaternary nitrogens is 1. The van der Waals surface area contributed by atoms with Crippen LogP contribution in [0.15, 0.2) is 0 Å². The zero-order valence-corrected chi connectivity index (χ0v) is 15.6. The van der Waals surface area contributed by atoms with E-state index in [1.165, 1.54) is 49.8 Å².